The Balaban J connectivity index is 2.70. The third kappa shape index (κ3) is 1.50. The summed E-state index contributed by atoms with van der Waals surface area (Å²) >= 11 is 0. The van der Waals surface area contributed by atoms with E-state index in [0.717, 1.165) is 0 Å². The quantitative estimate of drug-likeness (QED) is 0.341. The lowest BCUT2D eigenvalue weighted by atomic mass is 9.96. The highest BCUT2D eigenvalue weighted by atomic mass is 16.6. The van der Waals surface area contributed by atoms with Crippen molar-refractivity contribution in [3.05, 3.63) is 12.2 Å². The molecule has 6 N–H and O–H groups in total. The fourth-order valence-corrected chi connectivity index (χ4v) is 1.14. The van der Waals surface area contributed by atoms with E-state index in [9.17, 15) is 10.2 Å². The monoisotopic (exact) mass is 174 g/mol. The molecule has 5 nitrogen and oxygen atoms in total. The lowest BCUT2D eigenvalue weighted by Gasteiger charge is -2.36. The minimum atomic E-state index is -1.12. The summed E-state index contributed by atoms with van der Waals surface area (Å²) in [6, 6.07) is -0.734. The smallest absolute Gasteiger partial charge is 0.174 e. The first-order chi connectivity index (χ1) is 5.57. The highest BCUT2D eigenvalue weighted by Crippen LogP contribution is 2.20. The molecule has 12 heavy (non-hydrogen) atoms. The van der Waals surface area contributed by atoms with E-state index >= 15 is 0 Å². The molecule has 0 saturated carbocycles. The van der Waals surface area contributed by atoms with Gasteiger partial charge in [0.25, 0.3) is 0 Å². The second-order valence-electron chi connectivity index (χ2n) is 2.85. The van der Waals surface area contributed by atoms with Crippen LogP contribution in [0.2, 0.25) is 0 Å². The van der Waals surface area contributed by atoms with Crippen molar-refractivity contribution >= 4 is 0 Å². The van der Waals surface area contributed by atoms with Crippen LogP contribution in [0.3, 0.4) is 0 Å². The van der Waals surface area contributed by atoms with E-state index < -0.39 is 24.5 Å². The molecule has 0 radical (unpaired) electrons. The predicted octanol–water partition coefficient (Wildman–Crippen LogP) is -2.09. The standard InChI is InChI=1S/C7H14N2O3/c1-3-5(9)7(11)12-4(2-8)6(3)10/h4-7,10-11H,1-2,8-9H2/t4-,5+,6-,7-/m0/s1. The summed E-state index contributed by atoms with van der Waals surface area (Å²) in [4.78, 5) is 0. The molecule has 1 rings (SSSR count). The van der Waals surface area contributed by atoms with Crippen molar-refractivity contribution in [2.45, 2.75) is 24.5 Å². The predicted molar refractivity (Wildman–Crippen MR) is 43.1 cm³/mol. The molecule has 4 atom stereocenters. The van der Waals surface area contributed by atoms with Crippen LogP contribution in [-0.2, 0) is 4.74 Å². The summed E-state index contributed by atoms with van der Waals surface area (Å²) in [5.41, 5.74) is 11.1. The number of aliphatic hydroxyl groups excluding tert-OH is 2. The van der Waals surface area contributed by atoms with Crippen LogP contribution in [0, 0.1) is 0 Å². The lowest BCUT2D eigenvalue weighted by Crippen LogP contribution is -2.54. The van der Waals surface area contributed by atoms with Crippen LogP contribution in [0.25, 0.3) is 0 Å². The van der Waals surface area contributed by atoms with Gasteiger partial charge >= 0.3 is 0 Å². The van der Waals surface area contributed by atoms with Crippen LogP contribution >= 0.6 is 0 Å². The summed E-state index contributed by atoms with van der Waals surface area (Å²) in [5, 5.41) is 18.6. The first kappa shape index (κ1) is 9.63. The van der Waals surface area contributed by atoms with Crippen LogP contribution < -0.4 is 11.5 Å². The Morgan fingerprint density at radius 1 is 1.50 bits per heavy atom. The SMILES string of the molecule is C=C1[C@@H](N)[C@@H](O)O[C@@H](CN)[C@H]1O. The zero-order valence-electron chi connectivity index (χ0n) is 6.68. The van der Waals surface area contributed by atoms with E-state index in [4.69, 9.17) is 16.2 Å². The van der Waals surface area contributed by atoms with Crippen LogP contribution in [-0.4, -0.2) is 41.3 Å². The molecule has 70 valence electrons. The molecule has 0 amide bonds. The topological polar surface area (TPSA) is 102 Å². The third-order valence-corrected chi connectivity index (χ3v) is 2.01. The van der Waals surface area contributed by atoms with Gasteiger partial charge in [0.2, 0.25) is 0 Å². The van der Waals surface area contributed by atoms with Gasteiger partial charge in [-0.1, -0.05) is 6.58 Å². The minimum absolute atomic E-state index is 0.129. The summed E-state index contributed by atoms with van der Waals surface area (Å²) in [5.74, 6) is 0. The van der Waals surface area contributed by atoms with Gasteiger partial charge < -0.3 is 26.4 Å². The van der Waals surface area contributed by atoms with E-state index in [2.05, 4.69) is 6.58 Å². The molecule has 0 aliphatic carbocycles. The number of hydrogen-bond donors (Lipinski definition) is 4. The Hall–Kier alpha value is -0.460. The number of aliphatic hydroxyl groups is 2. The van der Waals surface area contributed by atoms with Gasteiger partial charge in [-0.15, -0.1) is 0 Å². The van der Waals surface area contributed by atoms with Crippen molar-refractivity contribution < 1.29 is 14.9 Å². The summed E-state index contributed by atoms with van der Waals surface area (Å²) in [7, 11) is 0. The van der Waals surface area contributed by atoms with Crippen molar-refractivity contribution in [2.24, 2.45) is 11.5 Å². The highest BCUT2D eigenvalue weighted by molar-refractivity contribution is 5.16. The molecule has 1 aliphatic heterocycles. The molecule has 1 fully saturated rings. The van der Waals surface area contributed by atoms with Gasteiger partial charge in [-0.3, -0.25) is 0 Å². The number of hydrogen-bond acceptors (Lipinski definition) is 5. The zero-order valence-corrected chi connectivity index (χ0v) is 6.68. The van der Waals surface area contributed by atoms with Crippen LogP contribution in [0.1, 0.15) is 0 Å². The average Bonchev–Trinajstić information content (AvgIpc) is 2.08. The van der Waals surface area contributed by atoms with E-state index in [-0.39, 0.29) is 6.54 Å². The maximum atomic E-state index is 9.43. The normalized spacial score (nSPS) is 43.2. The summed E-state index contributed by atoms with van der Waals surface area (Å²) in [6.45, 7) is 3.68. The van der Waals surface area contributed by atoms with E-state index in [1.165, 1.54) is 0 Å². The Kier molecular flexibility index (Phi) is 2.81. The summed E-state index contributed by atoms with van der Waals surface area (Å²) < 4.78 is 4.93. The van der Waals surface area contributed by atoms with Gasteiger partial charge in [-0.2, -0.15) is 0 Å². The summed E-state index contributed by atoms with van der Waals surface area (Å²) in [6.07, 6.45) is -2.60. The van der Waals surface area contributed by atoms with E-state index in [0.29, 0.717) is 5.57 Å². The van der Waals surface area contributed by atoms with Crippen molar-refractivity contribution in [3.63, 3.8) is 0 Å². The fourth-order valence-electron chi connectivity index (χ4n) is 1.14. The molecular weight excluding hydrogens is 160 g/mol. The highest BCUT2D eigenvalue weighted by Gasteiger charge is 2.36. The number of ether oxygens (including phenoxy) is 1. The molecule has 0 aromatic rings. The first-order valence-electron chi connectivity index (χ1n) is 3.74. The zero-order chi connectivity index (χ0) is 9.30. The molecule has 0 aromatic carbocycles. The molecule has 0 bridgehead atoms. The molecule has 0 spiro atoms. The Morgan fingerprint density at radius 3 is 2.58 bits per heavy atom. The van der Waals surface area contributed by atoms with Gasteiger partial charge in [0.05, 0.1) is 6.04 Å². The van der Waals surface area contributed by atoms with Crippen LogP contribution in [0.4, 0.5) is 0 Å². The van der Waals surface area contributed by atoms with Crippen molar-refractivity contribution in [2.75, 3.05) is 6.54 Å². The molecule has 0 unspecified atom stereocenters. The average molecular weight is 174 g/mol. The second kappa shape index (κ2) is 3.51. The number of rotatable bonds is 1. The van der Waals surface area contributed by atoms with Crippen molar-refractivity contribution in [1.29, 1.82) is 0 Å². The molecule has 0 aromatic heterocycles. The first-order valence-corrected chi connectivity index (χ1v) is 3.74. The Labute approximate surface area is 70.6 Å². The maximum Gasteiger partial charge on any atom is 0.174 e. The molecule has 1 aliphatic rings. The van der Waals surface area contributed by atoms with Gasteiger partial charge in [0.1, 0.15) is 12.2 Å². The number of nitrogens with two attached hydrogens (primary N) is 2. The van der Waals surface area contributed by atoms with Gasteiger partial charge in [-0.05, 0) is 5.57 Å². The third-order valence-electron chi connectivity index (χ3n) is 2.01. The Morgan fingerprint density at radius 2 is 2.08 bits per heavy atom. The second-order valence-corrected chi connectivity index (χ2v) is 2.85. The van der Waals surface area contributed by atoms with E-state index in [1.807, 2.05) is 0 Å². The van der Waals surface area contributed by atoms with Crippen LogP contribution in [0.15, 0.2) is 12.2 Å². The van der Waals surface area contributed by atoms with Gasteiger partial charge in [0.15, 0.2) is 6.29 Å². The van der Waals surface area contributed by atoms with Crippen molar-refractivity contribution in [1.82, 2.24) is 0 Å². The molecule has 1 saturated heterocycles. The molecular formula is C7H14N2O3. The minimum Gasteiger partial charge on any atom is -0.386 e. The molecule has 1 heterocycles. The van der Waals surface area contributed by atoms with Gasteiger partial charge in [0, 0.05) is 6.54 Å². The largest absolute Gasteiger partial charge is 0.386 e. The fraction of sp³-hybridized carbons (Fsp3) is 0.714. The lowest BCUT2D eigenvalue weighted by molar-refractivity contribution is -0.183. The molecule has 5 heteroatoms. The van der Waals surface area contributed by atoms with Crippen LogP contribution in [0.5, 0.6) is 0 Å². The van der Waals surface area contributed by atoms with E-state index in [1.54, 1.807) is 0 Å². The van der Waals surface area contributed by atoms with Gasteiger partial charge in [-0.25, -0.2) is 0 Å². The van der Waals surface area contributed by atoms with Crippen molar-refractivity contribution in [3.8, 4) is 0 Å². The Bertz CT molecular complexity index is 185. The maximum absolute atomic E-state index is 9.43.